The van der Waals surface area contributed by atoms with Crippen molar-refractivity contribution >= 4 is 43.3 Å². The molecule has 142 valence electrons. The molecule has 28 heavy (non-hydrogen) atoms. The zero-order valence-electron chi connectivity index (χ0n) is 15.9. The quantitative estimate of drug-likeness (QED) is 0.443. The number of aromatic hydroxyl groups is 1. The lowest BCUT2D eigenvalue weighted by Gasteiger charge is -2.09. The van der Waals surface area contributed by atoms with Crippen LogP contribution in [0.1, 0.15) is 19.4 Å². The maximum absolute atomic E-state index is 10.1. The Kier molecular flexibility index (Phi) is 4.84. The second-order valence-corrected chi connectivity index (χ2v) is 8.25. The summed E-state index contributed by atoms with van der Waals surface area (Å²) in [5.74, 6) is 6.91. The number of anilines is 2. The first-order valence-electron chi connectivity index (χ1n) is 9.20. The average Bonchev–Trinajstić information content (AvgIpc) is 3.21. The third-order valence-corrected chi connectivity index (χ3v) is 5.27. The van der Waals surface area contributed by atoms with Crippen LogP contribution in [0.25, 0.3) is 21.1 Å². The van der Waals surface area contributed by atoms with Gasteiger partial charge >= 0.3 is 0 Å². The van der Waals surface area contributed by atoms with Crippen molar-refractivity contribution in [2.45, 2.75) is 20.4 Å². The summed E-state index contributed by atoms with van der Waals surface area (Å²) in [5.41, 5.74) is 9.26. The Labute approximate surface area is 167 Å². The number of hydrogen-bond donors (Lipinski definition) is 3. The largest absolute Gasteiger partial charge is 0.506 e. The van der Waals surface area contributed by atoms with Crippen LogP contribution < -0.4 is 11.1 Å². The number of hydrogen-bond acceptors (Lipinski definition) is 5. The molecular weight excluding hydrogens is 368 g/mol. The lowest BCUT2D eigenvalue weighted by atomic mass is 10.2. The minimum absolute atomic E-state index is 0.110. The standard InChI is InChI=1S/C22H22N4OS/c1-14(2)13-26-9-7-16-5-6-17(12-18(16)26)24-8-3-4-15-10-19(27)21-20(11-15)28-22(23)25-21/h5-7,9-12,14,24,27H,8,13H2,1-2H3,(H2,23,25). The van der Waals surface area contributed by atoms with Crippen molar-refractivity contribution in [3.8, 4) is 17.6 Å². The molecule has 5 nitrogen and oxygen atoms in total. The SMILES string of the molecule is CC(C)Cn1ccc2ccc(NCC#Cc3cc(O)c4nc(N)sc4c3)cc21. The second kappa shape index (κ2) is 7.45. The van der Waals surface area contributed by atoms with Gasteiger partial charge < -0.3 is 20.7 Å². The lowest BCUT2D eigenvalue weighted by molar-refractivity contribution is 0.480. The molecule has 0 aliphatic rings. The molecule has 0 fully saturated rings. The van der Waals surface area contributed by atoms with Gasteiger partial charge in [0, 0.05) is 24.0 Å². The normalized spacial score (nSPS) is 11.1. The van der Waals surface area contributed by atoms with Gasteiger partial charge in [-0.3, -0.25) is 0 Å². The van der Waals surface area contributed by atoms with E-state index in [-0.39, 0.29) is 5.75 Å². The number of nitrogens with two attached hydrogens (primary N) is 1. The van der Waals surface area contributed by atoms with E-state index >= 15 is 0 Å². The predicted octanol–water partition coefficient (Wildman–Crippen LogP) is 4.66. The molecule has 4 aromatic rings. The van der Waals surface area contributed by atoms with Crippen molar-refractivity contribution in [2.75, 3.05) is 17.6 Å². The van der Waals surface area contributed by atoms with Crippen molar-refractivity contribution in [3.63, 3.8) is 0 Å². The molecule has 4 rings (SSSR count). The molecule has 0 spiro atoms. The summed E-state index contributed by atoms with van der Waals surface area (Å²) in [6, 6.07) is 12.0. The van der Waals surface area contributed by atoms with Gasteiger partial charge in [-0.15, -0.1) is 0 Å². The molecule has 2 heterocycles. The van der Waals surface area contributed by atoms with Crippen LogP contribution in [0.15, 0.2) is 42.6 Å². The van der Waals surface area contributed by atoms with E-state index in [1.807, 2.05) is 6.07 Å². The molecule has 0 aliphatic heterocycles. The minimum Gasteiger partial charge on any atom is -0.506 e. The highest BCUT2D eigenvalue weighted by Gasteiger charge is 2.07. The highest BCUT2D eigenvalue weighted by molar-refractivity contribution is 7.22. The minimum atomic E-state index is 0.110. The summed E-state index contributed by atoms with van der Waals surface area (Å²) >= 11 is 1.34. The first kappa shape index (κ1) is 18.2. The molecule has 0 saturated carbocycles. The highest BCUT2D eigenvalue weighted by Crippen LogP contribution is 2.31. The number of phenolic OH excluding ortho intramolecular Hbond substituents is 1. The number of nitrogen functional groups attached to an aromatic ring is 1. The van der Waals surface area contributed by atoms with Crippen molar-refractivity contribution in [2.24, 2.45) is 5.92 Å². The van der Waals surface area contributed by atoms with Crippen LogP contribution in [0.3, 0.4) is 0 Å². The fourth-order valence-corrected chi connectivity index (χ4v) is 4.04. The van der Waals surface area contributed by atoms with Crippen molar-refractivity contribution in [1.82, 2.24) is 9.55 Å². The van der Waals surface area contributed by atoms with Crippen LogP contribution in [0.5, 0.6) is 5.75 Å². The number of rotatable bonds is 4. The van der Waals surface area contributed by atoms with Gasteiger partial charge in [-0.05, 0) is 41.6 Å². The van der Waals surface area contributed by atoms with Gasteiger partial charge in [-0.1, -0.05) is 43.1 Å². The van der Waals surface area contributed by atoms with Crippen LogP contribution in [0, 0.1) is 17.8 Å². The Balaban J connectivity index is 1.48. The molecule has 0 atom stereocenters. The maximum Gasteiger partial charge on any atom is 0.181 e. The Morgan fingerprint density at radius 1 is 1.25 bits per heavy atom. The van der Waals surface area contributed by atoms with Crippen molar-refractivity contribution in [1.29, 1.82) is 0 Å². The number of nitrogens with one attached hydrogen (secondary N) is 1. The lowest BCUT2D eigenvalue weighted by Crippen LogP contribution is -2.03. The molecular formula is C22H22N4OS. The molecule has 6 heteroatoms. The topological polar surface area (TPSA) is 76.1 Å². The molecule has 0 radical (unpaired) electrons. The molecule has 0 unspecified atom stereocenters. The third-order valence-electron chi connectivity index (χ3n) is 4.44. The Morgan fingerprint density at radius 3 is 2.93 bits per heavy atom. The fourth-order valence-electron chi connectivity index (χ4n) is 3.24. The fraction of sp³-hybridized carbons (Fsp3) is 0.227. The number of thiazole rings is 1. The van der Waals surface area contributed by atoms with Gasteiger partial charge in [0.2, 0.25) is 0 Å². The molecule has 0 saturated heterocycles. The number of benzene rings is 2. The zero-order valence-corrected chi connectivity index (χ0v) is 16.7. The van der Waals surface area contributed by atoms with Crippen molar-refractivity contribution < 1.29 is 5.11 Å². The summed E-state index contributed by atoms with van der Waals surface area (Å²) in [7, 11) is 0. The van der Waals surface area contributed by atoms with Crippen LogP contribution in [0.4, 0.5) is 10.8 Å². The predicted molar refractivity (Wildman–Crippen MR) is 118 cm³/mol. The molecule has 2 aromatic heterocycles. The average molecular weight is 391 g/mol. The molecule has 2 aromatic carbocycles. The summed E-state index contributed by atoms with van der Waals surface area (Å²) < 4.78 is 3.13. The van der Waals surface area contributed by atoms with E-state index < -0.39 is 0 Å². The van der Waals surface area contributed by atoms with E-state index in [1.165, 1.54) is 22.2 Å². The Morgan fingerprint density at radius 2 is 2.11 bits per heavy atom. The molecule has 0 bridgehead atoms. The van der Waals surface area contributed by atoms with E-state index in [0.29, 0.717) is 23.1 Å². The highest BCUT2D eigenvalue weighted by atomic mass is 32.1. The van der Waals surface area contributed by atoms with Gasteiger partial charge in [0.05, 0.1) is 16.8 Å². The van der Waals surface area contributed by atoms with E-state index in [1.54, 1.807) is 6.07 Å². The Bertz CT molecular complexity index is 1210. The molecule has 4 N–H and O–H groups in total. The third kappa shape index (κ3) is 3.75. The number of aromatic nitrogens is 2. The first-order chi connectivity index (χ1) is 13.5. The number of fused-ring (bicyclic) bond motifs is 2. The summed E-state index contributed by atoms with van der Waals surface area (Å²) in [5, 5.41) is 15.1. The first-order valence-corrected chi connectivity index (χ1v) is 10.0. The van der Waals surface area contributed by atoms with E-state index in [0.717, 1.165) is 22.5 Å². The van der Waals surface area contributed by atoms with Gasteiger partial charge in [0.1, 0.15) is 11.3 Å². The van der Waals surface area contributed by atoms with Gasteiger partial charge in [-0.25, -0.2) is 4.98 Å². The van der Waals surface area contributed by atoms with Crippen LogP contribution >= 0.6 is 11.3 Å². The summed E-state index contributed by atoms with van der Waals surface area (Å²) in [4.78, 5) is 4.12. The maximum atomic E-state index is 10.1. The Hall–Kier alpha value is -3.17. The summed E-state index contributed by atoms with van der Waals surface area (Å²) in [6.45, 7) is 5.96. The van der Waals surface area contributed by atoms with Crippen LogP contribution in [0.2, 0.25) is 0 Å². The van der Waals surface area contributed by atoms with E-state index in [2.05, 4.69) is 71.0 Å². The molecule has 0 amide bonds. The monoisotopic (exact) mass is 390 g/mol. The van der Waals surface area contributed by atoms with E-state index in [9.17, 15) is 5.11 Å². The van der Waals surface area contributed by atoms with Gasteiger partial charge in [0.25, 0.3) is 0 Å². The van der Waals surface area contributed by atoms with Gasteiger partial charge in [-0.2, -0.15) is 0 Å². The van der Waals surface area contributed by atoms with Crippen LogP contribution in [-0.4, -0.2) is 21.2 Å². The van der Waals surface area contributed by atoms with E-state index in [4.69, 9.17) is 5.73 Å². The van der Waals surface area contributed by atoms with Gasteiger partial charge in [0.15, 0.2) is 5.13 Å². The van der Waals surface area contributed by atoms with Crippen molar-refractivity contribution in [3.05, 3.63) is 48.2 Å². The van der Waals surface area contributed by atoms with Crippen LogP contribution in [-0.2, 0) is 6.54 Å². The zero-order chi connectivity index (χ0) is 19.7. The second-order valence-electron chi connectivity index (χ2n) is 7.19. The number of phenols is 1. The number of nitrogens with zero attached hydrogens (tertiary/aromatic N) is 2. The molecule has 0 aliphatic carbocycles. The smallest absolute Gasteiger partial charge is 0.181 e. The summed E-state index contributed by atoms with van der Waals surface area (Å²) in [6.07, 6.45) is 2.14.